The van der Waals surface area contributed by atoms with E-state index in [2.05, 4.69) is 44.3 Å². The van der Waals surface area contributed by atoms with Gasteiger partial charge in [-0.1, -0.05) is 30.2 Å². The molecule has 110 valence electrons. The second-order valence-corrected chi connectivity index (χ2v) is 6.21. The average Bonchev–Trinajstić information content (AvgIpc) is 2.41. The standard InChI is InChI=1S/C17H26N2O/c1-11-7-8-12(2)16(9-11)13(3)19-17(20)14-5-4-6-15(18)10-14/h7-9,13-15H,4-6,10,18H2,1-3H3,(H,19,20). The molecule has 0 radical (unpaired) electrons. The van der Waals surface area contributed by atoms with Gasteiger partial charge >= 0.3 is 0 Å². The highest BCUT2D eigenvalue weighted by atomic mass is 16.1. The summed E-state index contributed by atoms with van der Waals surface area (Å²) in [6, 6.07) is 6.63. The van der Waals surface area contributed by atoms with Crippen LogP contribution in [0.2, 0.25) is 0 Å². The Morgan fingerprint density at radius 2 is 2.10 bits per heavy atom. The van der Waals surface area contributed by atoms with Crippen molar-refractivity contribution in [3.05, 3.63) is 34.9 Å². The first-order valence-electron chi connectivity index (χ1n) is 7.60. The number of rotatable bonds is 3. The fourth-order valence-corrected chi connectivity index (χ4v) is 3.10. The zero-order valence-corrected chi connectivity index (χ0v) is 12.8. The highest BCUT2D eigenvalue weighted by molar-refractivity contribution is 5.79. The number of carbonyl (C=O) groups excluding carboxylic acids is 1. The monoisotopic (exact) mass is 274 g/mol. The molecule has 3 N–H and O–H groups in total. The molecule has 3 heteroatoms. The maximum atomic E-state index is 12.4. The van der Waals surface area contributed by atoms with E-state index in [-0.39, 0.29) is 23.9 Å². The zero-order chi connectivity index (χ0) is 14.7. The first-order chi connectivity index (χ1) is 9.47. The molecule has 1 aromatic rings. The summed E-state index contributed by atoms with van der Waals surface area (Å²) in [6.45, 7) is 6.23. The minimum atomic E-state index is 0.0561. The number of carbonyl (C=O) groups is 1. The number of hydrogen-bond acceptors (Lipinski definition) is 2. The fourth-order valence-electron chi connectivity index (χ4n) is 3.10. The van der Waals surface area contributed by atoms with E-state index in [1.807, 2.05) is 0 Å². The molecule has 1 fully saturated rings. The molecule has 1 aliphatic rings. The quantitative estimate of drug-likeness (QED) is 0.890. The molecule has 0 saturated heterocycles. The molecule has 1 aliphatic carbocycles. The van der Waals surface area contributed by atoms with Gasteiger partial charge in [0.1, 0.15) is 0 Å². The zero-order valence-electron chi connectivity index (χ0n) is 12.8. The molecule has 0 heterocycles. The van der Waals surface area contributed by atoms with Gasteiger partial charge in [-0.3, -0.25) is 4.79 Å². The van der Waals surface area contributed by atoms with Gasteiger partial charge in [0.25, 0.3) is 0 Å². The number of benzene rings is 1. The van der Waals surface area contributed by atoms with Crippen LogP contribution in [-0.2, 0) is 4.79 Å². The second-order valence-electron chi connectivity index (χ2n) is 6.21. The van der Waals surface area contributed by atoms with Gasteiger partial charge in [0, 0.05) is 12.0 Å². The lowest BCUT2D eigenvalue weighted by Gasteiger charge is -2.27. The van der Waals surface area contributed by atoms with E-state index >= 15 is 0 Å². The van der Waals surface area contributed by atoms with Gasteiger partial charge in [-0.2, -0.15) is 0 Å². The van der Waals surface area contributed by atoms with Crippen molar-refractivity contribution in [2.75, 3.05) is 0 Å². The molecule has 1 amide bonds. The SMILES string of the molecule is Cc1ccc(C)c(C(C)NC(=O)C2CCCC(N)C2)c1. The predicted octanol–water partition coefficient (Wildman–Crippen LogP) is 3.00. The van der Waals surface area contributed by atoms with Gasteiger partial charge in [-0.15, -0.1) is 0 Å². The largest absolute Gasteiger partial charge is 0.349 e. The Morgan fingerprint density at radius 1 is 1.35 bits per heavy atom. The molecule has 3 nitrogen and oxygen atoms in total. The summed E-state index contributed by atoms with van der Waals surface area (Å²) in [5.74, 6) is 0.250. The van der Waals surface area contributed by atoms with E-state index in [0.717, 1.165) is 25.7 Å². The predicted molar refractivity (Wildman–Crippen MR) is 82.4 cm³/mol. The van der Waals surface area contributed by atoms with Gasteiger partial charge in [-0.05, 0) is 51.2 Å². The smallest absolute Gasteiger partial charge is 0.223 e. The van der Waals surface area contributed by atoms with Crippen LogP contribution in [0.4, 0.5) is 0 Å². The summed E-state index contributed by atoms with van der Waals surface area (Å²) in [7, 11) is 0. The van der Waals surface area contributed by atoms with Crippen LogP contribution < -0.4 is 11.1 Å². The van der Waals surface area contributed by atoms with Gasteiger partial charge in [0.15, 0.2) is 0 Å². The van der Waals surface area contributed by atoms with Crippen LogP contribution in [-0.4, -0.2) is 11.9 Å². The topological polar surface area (TPSA) is 55.1 Å². The molecule has 0 aromatic heterocycles. The Kier molecular flexibility index (Phi) is 4.81. The minimum Gasteiger partial charge on any atom is -0.349 e. The van der Waals surface area contributed by atoms with Crippen molar-refractivity contribution in [1.82, 2.24) is 5.32 Å². The third kappa shape index (κ3) is 3.60. The Balaban J connectivity index is 2.01. The van der Waals surface area contributed by atoms with Gasteiger partial charge < -0.3 is 11.1 Å². The molecule has 1 saturated carbocycles. The molecule has 0 spiro atoms. The van der Waals surface area contributed by atoms with Crippen LogP contribution in [0.25, 0.3) is 0 Å². The van der Waals surface area contributed by atoms with Crippen molar-refractivity contribution in [3.8, 4) is 0 Å². The first kappa shape index (κ1) is 15.0. The maximum absolute atomic E-state index is 12.4. The van der Waals surface area contributed by atoms with Crippen molar-refractivity contribution in [2.24, 2.45) is 11.7 Å². The van der Waals surface area contributed by atoms with Crippen LogP contribution >= 0.6 is 0 Å². The molecule has 2 rings (SSSR count). The molecule has 0 bridgehead atoms. The van der Waals surface area contributed by atoms with Crippen LogP contribution in [0.15, 0.2) is 18.2 Å². The van der Waals surface area contributed by atoms with Crippen molar-refractivity contribution in [1.29, 1.82) is 0 Å². The Morgan fingerprint density at radius 3 is 2.80 bits per heavy atom. The third-order valence-electron chi connectivity index (χ3n) is 4.35. The molecule has 1 aromatic carbocycles. The number of nitrogens with one attached hydrogen (secondary N) is 1. The van der Waals surface area contributed by atoms with E-state index in [0.29, 0.717) is 0 Å². The molecule has 3 unspecified atom stereocenters. The minimum absolute atomic E-state index is 0.0561. The highest BCUT2D eigenvalue weighted by Gasteiger charge is 2.26. The summed E-state index contributed by atoms with van der Waals surface area (Å²) in [4.78, 5) is 12.4. The average molecular weight is 274 g/mol. The fraction of sp³-hybridized carbons (Fsp3) is 0.588. The van der Waals surface area contributed by atoms with Crippen LogP contribution in [0.1, 0.15) is 55.3 Å². The lowest BCUT2D eigenvalue weighted by molar-refractivity contribution is -0.126. The number of hydrogen-bond donors (Lipinski definition) is 2. The van der Waals surface area contributed by atoms with Crippen LogP contribution in [0.3, 0.4) is 0 Å². The maximum Gasteiger partial charge on any atom is 0.223 e. The van der Waals surface area contributed by atoms with E-state index in [4.69, 9.17) is 5.73 Å². The van der Waals surface area contributed by atoms with E-state index in [1.165, 1.54) is 16.7 Å². The lowest BCUT2D eigenvalue weighted by Crippen LogP contribution is -2.38. The number of amides is 1. The van der Waals surface area contributed by atoms with Crippen LogP contribution in [0.5, 0.6) is 0 Å². The van der Waals surface area contributed by atoms with E-state index < -0.39 is 0 Å². The molecule has 3 atom stereocenters. The molecule has 0 aliphatic heterocycles. The number of nitrogens with two attached hydrogens (primary N) is 1. The summed E-state index contributed by atoms with van der Waals surface area (Å²) in [5.41, 5.74) is 9.63. The Hall–Kier alpha value is -1.35. The Labute approximate surface area is 121 Å². The molecular formula is C17H26N2O. The summed E-state index contributed by atoms with van der Waals surface area (Å²) in [6.07, 6.45) is 3.91. The van der Waals surface area contributed by atoms with Crippen molar-refractivity contribution >= 4 is 5.91 Å². The van der Waals surface area contributed by atoms with E-state index in [1.54, 1.807) is 0 Å². The highest BCUT2D eigenvalue weighted by Crippen LogP contribution is 2.25. The first-order valence-corrected chi connectivity index (χ1v) is 7.60. The van der Waals surface area contributed by atoms with Crippen molar-refractivity contribution < 1.29 is 4.79 Å². The third-order valence-corrected chi connectivity index (χ3v) is 4.35. The summed E-state index contributed by atoms with van der Waals surface area (Å²) >= 11 is 0. The molecule has 20 heavy (non-hydrogen) atoms. The number of aryl methyl sites for hydroxylation is 2. The Bertz CT molecular complexity index is 484. The second kappa shape index (κ2) is 6.40. The van der Waals surface area contributed by atoms with Gasteiger partial charge in [0.05, 0.1) is 6.04 Å². The molecular weight excluding hydrogens is 248 g/mol. The summed E-state index contributed by atoms with van der Waals surface area (Å²) in [5, 5.41) is 3.16. The van der Waals surface area contributed by atoms with Crippen LogP contribution in [0, 0.1) is 19.8 Å². The van der Waals surface area contributed by atoms with Crippen molar-refractivity contribution in [3.63, 3.8) is 0 Å². The van der Waals surface area contributed by atoms with E-state index in [9.17, 15) is 4.79 Å². The lowest BCUT2D eigenvalue weighted by atomic mass is 9.85. The normalized spacial score (nSPS) is 24.2. The van der Waals surface area contributed by atoms with Gasteiger partial charge in [-0.25, -0.2) is 0 Å². The summed E-state index contributed by atoms with van der Waals surface area (Å²) < 4.78 is 0. The van der Waals surface area contributed by atoms with Crippen molar-refractivity contribution in [2.45, 2.75) is 58.5 Å². The van der Waals surface area contributed by atoms with Gasteiger partial charge in [0.2, 0.25) is 5.91 Å².